The van der Waals surface area contributed by atoms with Gasteiger partial charge in [-0.25, -0.2) is 0 Å². The third kappa shape index (κ3) is 4.46. The Hall–Kier alpha value is -0.800. The molecule has 1 heterocycles. The first-order chi connectivity index (χ1) is 8.53. The van der Waals surface area contributed by atoms with E-state index in [0.717, 1.165) is 12.3 Å². The number of hydrogen-bond acceptors (Lipinski definition) is 3. The van der Waals surface area contributed by atoms with Gasteiger partial charge in [0, 0.05) is 17.6 Å². The highest BCUT2D eigenvalue weighted by Gasteiger charge is 2.16. The van der Waals surface area contributed by atoms with Gasteiger partial charge < -0.3 is 14.5 Å². The summed E-state index contributed by atoms with van der Waals surface area (Å²) < 4.78 is 11.4. The van der Waals surface area contributed by atoms with Crippen LogP contribution in [0.2, 0.25) is 0 Å². The number of furan rings is 1. The standard InChI is InChI=1S/C15H25NO2/c1-15(2,3)16-9-12-8-14(17-10-12)11-18-13-6-4-5-7-13/h8,10,13,16H,4-7,9,11H2,1-3H3. The topological polar surface area (TPSA) is 34.4 Å². The van der Waals surface area contributed by atoms with Crippen molar-refractivity contribution in [3.05, 3.63) is 23.7 Å². The summed E-state index contributed by atoms with van der Waals surface area (Å²) in [6, 6.07) is 2.09. The molecule has 1 saturated carbocycles. The summed E-state index contributed by atoms with van der Waals surface area (Å²) in [4.78, 5) is 0. The maximum Gasteiger partial charge on any atom is 0.129 e. The van der Waals surface area contributed by atoms with Crippen molar-refractivity contribution >= 4 is 0 Å². The molecule has 0 aliphatic heterocycles. The molecule has 0 amide bonds. The molecule has 1 aliphatic rings. The van der Waals surface area contributed by atoms with Crippen molar-refractivity contribution in [3.63, 3.8) is 0 Å². The van der Waals surface area contributed by atoms with Crippen molar-refractivity contribution in [2.24, 2.45) is 0 Å². The Morgan fingerprint density at radius 1 is 1.33 bits per heavy atom. The van der Waals surface area contributed by atoms with Gasteiger partial charge in [-0.3, -0.25) is 0 Å². The summed E-state index contributed by atoms with van der Waals surface area (Å²) in [7, 11) is 0. The van der Waals surface area contributed by atoms with Crippen molar-refractivity contribution in [1.29, 1.82) is 0 Å². The first-order valence-corrected chi connectivity index (χ1v) is 6.96. The lowest BCUT2D eigenvalue weighted by Crippen LogP contribution is -2.34. The number of ether oxygens (including phenoxy) is 1. The Morgan fingerprint density at radius 2 is 2.06 bits per heavy atom. The van der Waals surface area contributed by atoms with Crippen LogP contribution in [-0.2, 0) is 17.9 Å². The molecule has 0 aromatic carbocycles. The van der Waals surface area contributed by atoms with Gasteiger partial charge >= 0.3 is 0 Å². The molecule has 3 heteroatoms. The summed E-state index contributed by atoms with van der Waals surface area (Å²) in [5.41, 5.74) is 1.33. The van der Waals surface area contributed by atoms with Gasteiger partial charge in [0.15, 0.2) is 0 Å². The van der Waals surface area contributed by atoms with Crippen LogP contribution in [0, 0.1) is 0 Å². The van der Waals surface area contributed by atoms with Gasteiger partial charge in [-0.05, 0) is 39.7 Å². The molecule has 0 atom stereocenters. The zero-order valence-corrected chi connectivity index (χ0v) is 11.8. The summed E-state index contributed by atoms with van der Waals surface area (Å²) in [5.74, 6) is 0.938. The SMILES string of the molecule is CC(C)(C)NCc1coc(COC2CCCC2)c1. The van der Waals surface area contributed by atoms with Crippen molar-refractivity contribution in [2.45, 2.75) is 71.2 Å². The van der Waals surface area contributed by atoms with Gasteiger partial charge in [0.1, 0.15) is 12.4 Å². The summed E-state index contributed by atoms with van der Waals surface area (Å²) >= 11 is 0. The zero-order chi connectivity index (χ0) is 13.0. The van der Waals surface area contributed by atoms with E-state index in [1.54, 1.807) is 0 Å². The second-order valence-corrected chi connectivity index (χ2v) is 6.24. The van der Waals surface area contributed by atoms with Crippen LogP contribution in [0.15, 0.2) is 16.7 Å². The number of rotatable bonds is 5. The van der Waals surface area contributed by atoms with Crippen molar-refractivity contribution < 1.29 is 9.15 Å². The van der Waals surface area contributed by atoms with Crippen LogP contribution in [0.4, 0.5) is 0 Å². The van der Waals surface area contributed by atoms with E-state index in [1.165, 1.54) is 31.2 Å². The fourth-order valence-electron chi connectivity index (χ4n) is 2.22. The molecule has 0 saturated heterocycles. The average Bonchev–Trinajstić information content (AvgIpc) is 2.94. The quantitative estimate of drug-likeness (QED) is 0.867. The Kier molecular flexibility index (Phi) is 4.46. The highest BCUT2D eigenvalue weighted by molar-refractivity contribution is 5.12. The summed E-state index contributed by atoms with van der Waals surface area (Å²) in [5, 5.41) is 3.45. The highest BCUT2D eigenvalue weighted by atomic mass is 16.5. The lowest BCUT2D eigenvalue weighted by Gasteiger charge is -2.19. The van der Waals surface area contributed by atoms with E-state index in [0.29, 0.717) is 12.7 Å². The predicted molar refractivity (Wildman–Crippen MR) is 72.3 cm³/mol. The predicted octanol–water partition coefficient (Wildman–Crippen LogP) is 3.63. The van der Waals surface area contributed by atoms with Gasteiger partial charge in [-0.1, -0.05) is 12.8 Å². The average molecular weight is 251 g/mol. The molecule has 102 valence electrons. The molecule has 0 bridgehead atoms. The van der Waals surface area contributed by atoms with Crippen molar-refractivity contribution in [1.82, 2.24) is 5.32 Å². The molecule has 0 radical (unpaired) electrons. The molecule has 0 spiro atoms. The van der Waals surface area contributed by atoms with E-state index in [4.69, 9.17) is 9.15 Å². The maximum absolute atomic E-state index is 5.83. The lowest BCUT2D eigenvalue weighted by atomic mass is 10.1. The normalized spacial score (nSPS) is 17.5. The van der Waals surface area contributed by atoms with Gasteiger partial charge in [0.2, 0.25) is 0 Å². The smallest absolute Gasteiger partial charge is 0.129 e. The van der Waals surface area contributed by atoms with Crippen LogP contribution in [0.1, 0.15) is 57.8 Å². The number of nitrogens with one attached hydrogen (secondary N) is 1. The van der Waals surface area contributed by atoms with Crippen LogP contribution in [0.25, 0.3) is 0 Å². The molecule has 1 aromatic heterocycles. The molecule has 1 N–H and O–H groups in total. The molecule has 1 fully saturated rings. The van der Waals surface area contributed by atoms with Gasteiger partial charge in [-0.15, -0.1) is 0 Å². The van der Waals surface area contributed by atoms with E-state index in [2.05, 4.69) is 32.2 Å². The van der Waals surface area contributed by atoms with E-state index >= 15 is 0 Å². The molecule has 0 unspecified atom stereocenters. The fourth-order valence-corrected chi connectivity index (χ4v) is 2.22. The lowest BCUT2D eigenvalue weighted by molar-refractivity contribution is 0.0357. The Balaban J connectivity index is 1.75. The van der Waals surface area contributed by atoms with E-state index in [1.807, 2.05) is 6.26 Å². The number of hydrogen-bond donors (Lipinski definition) is 1. The third-order valence-corrected chi connectivity index (χ3v) is 3.29. The first-order valence-electron chi connectivity index (χ1n) is 6.96. The van der Waals surface area contributed by atoms with Gasteiger partial charge in [-0.2, -0.15) is 0 Å². The van der Waals surface area contributed by atoms with E-state index in [-0.39, 0.29) is 5.54 Å². The van der Waals surface area contributed by atoms with E-state index in [9.17, 15) is 0 Å². The molecule has 3 nitrogen and oxygen atoms in total. The molecular weight excluding hydrogens is 226 g/mol. The second kappa shape index (κ2) is 5.89. The van der Waals surface area contributed by atoms with Crippen LogP contribution >= 0.6 is 0 Å². The minimum absolute atomic E-state index is 0.137. The minimum Gasteiger partial charge on any atom is -0.467 e. The molecule has 2 rings (SSSR count). The molecular formula is C15H25NO2. The molecule has 18 heavy (non-hydrogen) atoms. The van der Waals surface area contributed by atoms with Crippen LogP contribution in [0.3, 0.4) is 0 Å². The minimum atomic E-state index is 0.137. The van der Waals surface area contributed by atoms with Crippen molar-refractivity contribution in [2.75, 3.05) is 0 Å². The van der Waals surface area contributed by atoms with Crippen molar-refractivity contribution in [3.8, 4) is 0 Å². The summed E-state index contributed by atoms with van der Waals surface area (Å²) in [6.45, 7) is 7.95. The largest absolute Gasteiger partial charge is 0.467 e. The van der Waals surface area contributed by atoms with E-state index < -0.39 is 0 Å². The highest BCUT2D eigenvalue weighted by Crippen LogP contribution is 2.22. The van der Waals surface area contributed by atoms with Crippen LogP contribution in [0.5, 0.6) is 0 Å². The molecule has 1 aliphatic carbocycles. The van der Waals surface area contributed by atoms with Crippen LogP contribution < -0.4 is 5.32 Å². The van der Waals surface area contributed by atoms with Crippen LogP contribution in [-0.4, -0.2) is 11.6 Å². The van der Waals surface area contributed by atoms with Gasteiger partial charge in [0.05, 0.1) is 12.4 Å². The Bertz CT molecular complexity index is 359. The second-order valence-electron chi connectivity index (χ2n) is 6.24. The third-order valence-electron chi connectivity index (χ3n) is 3.29. The van der Waals surface area contributed by atoms with Gasteiger partial charge in [0.25, 0.3) is 0 Å². The maximum atomic E-state index is 5.83. The Morgan fingerprint density at radius 3 is 2.72 bits per heavy atom. The summed E-state index contributed by atoms with van der Waals surface area (Å²) in [6.07, 6.45) is 7.31. The Labute approximate surface area is 110 Å². The fraction of sp³-hybridized carbons (Fsp3) is 0.733. The monoisotopic (exact) mass is 251 g/mol. The zero-order valence-electron chi connectivity index (χ0n) is 11.8. The first kappa shape index (κ1) is 13.6. The molecule has 1 aromatic rings.